The van der Waals surface area contributed by atoms with Crippen molar-refractivity contribution < 1.29 is 29.3 Å². The predicted molar refractivity (Wildman–Crippen MR) is 143 cm³/mol. The van der Waals surface area contributed by atoms with Gasteiger partial charge >= 0.3 is 0 Å². The molecule has 3 rings (SSSR count). The van der Waals surface area contributed by atoms with Crippen molar-refractivity contribution in [2.24, 2.45) is 5.92 Å². The largest absolute Gasteiger partial charge is 0.507 e. The molecule has 1 aliphatic rings. The van der Waals surface area contributed by atoms with E-state index in [1.807, 2.05) is 20.8 Å². The van der Waals surface area contributed by atoms with Gasteiger partial charge in [-0.1, -0.05) is 33.8 Å². The molecule has 0 aliphatic carbocycles. The number of Topliss-reactive ketones (excluding diaryl/α,β-unsaturated/α-hetero) is 1. The number of rotatable bonds is 11. The smallest absolute Gasteiger partial charge is 0.295 e. The Bertz CT molecular complexity index is 1170. The number of hydrogen-bond acceptors (Lipinski definition) is 7. The Hall–Kier alpha value is -3.52. The highest BCUT2D eigenvalue weighted by atomic mass is 16.5. The summed E-state index contributed by atoms with van der Waals surface area (Å²) in [5.41, 5.74) is 1.80. The van der Waals surface area contributed by atoms with E-state index in [1.165, 1.54) is 18.1 Å². The molecule has 0 unspecified atom stereocenters. The lowest BCUT2D eigenvalue weighted by molar-refractivity contribution is -0.140. The van der Waals surface area contributed by atoms with Crippen LogP contribution in [0.3, 0.4) is 0 Å². The van der Waals surface area contributed by atoms with Crippen LogP contribution in [-0.4, -0.2) is 71.6 Å². The van der Waals surface area contributed by atoms with Gasteiger partial charge in [0.15, 0.2) is 11.5 Å². The number of phenolic OH excluding ortho intramolecular Hbond substituents is 1. The minimum absolute atomic E-state index is 0.00698. The lowest BCUT2D eigenvalue weighted by Crippen LogP contribution is -2.38. The van der Waals surface area contributed by atoms with E-state index in [9.17, 15) is 19.8 Å². The molecule has 1 aliphatic heterocycles. The third kappa shape index (κ3) is 6.07. The van der Waals surface area contributed by atoms with Crippen LogP contribution in [0.2, 0.25) is 0 Å². The molecule has 0 radical (unpaired) electrons. The van der Waals surface area contributed by atoms with Crippen LogP contribution in [0.15, 0.2) is 42.0 Å². The zero-order valence-electron chi connectivity index (χ0n) is 22.6. The number of aryl methyl sites for hydroxylation is 1. The van der Waals surface area contributed by atoms with Gasteiger partial charge in [-0.25, -0.2) is 0 Å². The number of aliphatic hydroxyl groups is 1. The molecule has 1 saturated heterocycles. The number of ketones is 1. The van der Waals surface area contributed by atoms with Crippen molar-refractivity contribution in [2.45, 2.75) is 40.7 Å². The second-order valence-electron chi connectivity index (χ2n) is 9.64. The second-order valence-corrected chi connectivity index (χ2v) is 9.64. The van der Waals surface area contributed by atoms with Gasteiger partial charge in [0, 0.05) is 18.7 Å². The van der Waals surface area contributed by atoms with Gasteiger partial charge in [0.2, 0.25) is 0 Å². The Balaban J connectivity index is 2.10. The fraction of sp³-hybridized carbons (Fsp3) is 0.448. The summed E-state index contributed by atoms with van der Waals surface area (Å²) in [7, 11) is 1.43. The van der Waals surface area contributed by atoms with Crippen molar-refractivity contribution in [3.63, 3.8) is 0 Å². The number of nitrogens with zero attached hydrogens (tertiary/aromatic N) is 2. The highest BCUT2D eigenvalue weighted by Gasteiger charge is 2.46. The number of methoxy groups -OCH3 is 1. The maximum atomic E-state index is 13.3. The molecule has 0 saturated carbocycles. The number of carbonyl (C=O) groups excluding carboxylic acids is 2. The fourth-order valence-electron chi connectivity index (χ4n) is 4.48. The van der Waals surface area contributed by atoms with E-state index < -0.39 is 17.7 Å². The van der Waals surface area contributed by atoms with Gasteiger partial charge in [0.25, 0.3) is 11.7 Å². The summed E-state index contributed by atoms with van der Waals surface area (Å²) in [6.07, 6.45) is 0. The quantitative estimate of drug-likeness (QED) is 0.261. The van der Waals surface area contributed by atoms with Crippen LogP contribution in [0, 0.1) is 12.8 Å². The summed E-state index contributed by atoms with van der Waals surface area (Å²) in [6.45, 7) is 13.1. The summed E-state index contributed by atoms with van der Waals surface area (Å²) < 4.78 is 11.1. The molecule has 2 aromatic rings. The van der Waals surface area contributed by atoms with Crippen molar-refractivity contribution in [3.8, 4) is 17.2 Å². The molecular formula is C29H38N2O6. The molecule has 1 heterocycles. The van der Waals surface area contributed by atoms with E-state index in [0.717, 1.165) is 18.7 Å². The summed E-state index contributed by atoms with van der Waals surface area (Å²) in [6, 6.07) is 9.07. The van der Waals surface area contributed by atoms with Crippen LogP contribution in [0.4, 0.5) is 0 Å². The average Bonchev–Trinajstić information content (AvgIpc) is 3.13. The van der Waals surface area contributed by atoms with Crippen molar-refractivity contribution in [1.29, 1.82) is 0 Å². The van der Waals surface area contributed by atoms with Gasteiger partial charge in [0.1, 0.15) is 11.5 Å². The first kappa shape index (κ1) is 28.1. The molecule has 0 spiro atoms. The fourth-order valence-corrected chi connectivity index (χ4v) is 4.48. The molecule has 8 nitrogen and oxygen atoms in total. The first-order chi connectivity index (χ1) is 17.6. The number of amides is 1. The van der Waals surface area contributed by atoms with Gasteiger partial charge in [-0.15, -0.1) is 0 Å². The van der Waals surface area contributed by atoms with Gasteiger partial charge in [-0.2, -0.15) is 0 Å². The van der Waals surface area contributed by atoms with Crippen molar-refractivity contribution >= 4 is 17.4 Å². The SMILES string of the molecule is CCN(CC)CCN1C(=O)C(=O)C(=C(O)c2ccc(OCC(C)C)c(C)c2)[C@@H]1c1ccc(O)c(OC)c1. The third-order valence-corrected chi connectivity index (χ3v) is 6.63. The van der Waals surface area contributed by atoms with Crippen LogP contribution in [0.5, 0.6) is 17.2 Å². The first-order valence-corrected chi connectivity index (χ1v) is 12.7. The van der Waals surface area contributed by atoms with Gasteiger partial charge in [0.05, 0.1) is 25.3 Å². The Labute approximate surface area is 219 Å². The van der Waals surface area contributed by atoms with E-state index in [1.54, 1.807) is 30.3 Å². The average molecular weight is 511 g/mol. The Morgan fingerprint density at radius 3 is 2.38 bits per heavy atom. The molecule has 0 bridgehead atoms. The van der Waals surface area contributed by atoms with Crippen molar-refractivity contribution in [3.05, 3.63) is 58.7 Å². The van der Waals surface area contributed by atoms with Crippen molar-refractivity contribution in [1.82, 2.24) is 9.80 Å². The number of carbonyl (C=O) groups is 2. The maximum Gasteiger partial charge on any atom is 0.295 e. The molecule has 0 aromatic heterocycles. The van der Waals surface area contributed by atoms with E-state index in [0.29, 0.717) is 42.5 Å². The van der Waals surface area contributed by atoms with Gasteiger partial charge < -0.3 is 29.5 Å². The lowest BCUT2D eigenvalue weighted by atomic mass is 9.94. The number of aromatic hydroxyl groups is 1. The van der Waals surface area contributed by atoms with Crippen LogP contribution >= 0.6 is 0 Å². The minimum Gasteiger partial charge on any atom is -0.507 e. The minimum atomic E-state index is -0.831. The van der Waals surface area contributed by atoms with Gasteiger partial charge in [-0.3, -0.25) is 9.59 Å². The van der Waals surface area contributed by atoms with E-state index in [-0.39, 0.29) is 22.8 Å². The molecule has 37 heavy (non-hydrogen) atoms. The van der Waals surface area contributed by atoms with Crippen LogP contribution < -0.4 is 9.47 Å². The summed E-state index contributed by atoms with van der Waals surface area (Å²) >= 11 is 0. The molecule has 1 amide bonds. The van der Waals surface area contributed by atoms with E-state index in [2.05, 4.69) is 18.7 Å². The molecular weight excluding hydrogens is 472 g/mol. The number of phenols is 1. The normalized spacial score (nSPS) is 17.2. The number of likely N-dealkylation sites (tertiary alicyclic amines) is 1. The van der Waals surface area contributed by atoms with E-state index in [4.69, 9.17) is 9.47 Å². The highest BCUT2D eigenvalue weighted by Crippen LogP contribution is 2.42. The molecule has 2 N–H and O–H groups in total. The zero-order chi connectivity index (χ0) is 27.3. The monoisotopic (exact) mass is 510 g/mol. The Morgan fingerprint density at radius 1 is 1.08 bits per heavy atom. The number of ether oxygens (including phenoxy) is 2. The third-order valence-electron chi connectivity index (χ3n) is 6.63. The topological polar surface area (TPSA) is 99.5 Å². The van der Waals surface area contributed by atoms with Crippen LogP contribution in [-0.2, 0) is 9.59 Å². The summed E-state index contributed by atoms with van der Waals surface area (Å²) in [5.74, 6) is -0.439. The number of hydrogen-bond donors (Lipinski definition) is 2. The van der Waals surface area contributed by atoms with Gasteiger partial charge in [-0.05, 0) is 67.4 Å². The first-order valence-electron chi connectivity index (χ1n) is 12.7. The second kappa shape index (κ2) is 12.1. The standard InChI is InChI=1S/C29H38N2O6/c1-7-30(8-2)13-14-31-26(20-9-11-22(32)24(16-20)36-6)25(28(34)29(31)35)27(33)21-10-12-23(19(5)15-21)37-17-18(3)4/h9-12,15-16,18,26,32-33H,7-8,13-14,17H2,1-6H3/t26-/m0/s1. The van der Waals surface area contributed by atoms with E-state index >= 15 is 0 Å². The molecule has 2 aromatic carbocycles. The predicted octanol–water partition coefficient (Wildman–Crippen LogP) is 4.51. The lowest BCUT2D eigenvalue weighted by Gasteiger charge is -2.28. The molecule has 8 heteroatoms. The molecule has 1 atom stereocenters. The zero-order valence-corrected chi connectivity index (χ0v) is 22.6. The Kier molecular flexibility index (Phi) is 9.21. The van der Waals surface area contributed by atoms with Crippen LogP contribution in [0.1, 0.15) is 50.4 Å². The van der Waals surface area contributed by atoms with Crippen LogP contribution in [0.25, 0.3) is 5.76 Å². The number of likely N-dealkylation sites (N-methyl/N-ethyl adjacent to an activating group) is 1. The Morgan fingerprint density at radius 2 is 1.78 bits per heavy atom. The highest BCUT2D eigenvalue weighted by molar-refractivity contribution is 6.46. The summed E-state index contributed by atoms with van der Waals surface area (Å²) in [4.78, 5) is 30.2. The molecule has 200 valence electrons. The maximum absolute atomic E-state index is 13.3. The number of aliphatic hydroxyl groups excluding tert-OH is 1. The summed E-state index contributed by atoms with van der Waals surface area (Å²) in [5, 5.41) is 21.5. The van der Waals surface area contributed by atoms with Crippen molar-refractivity contribution in [2.75, 3.05) is 39.9 Å². The number of benzene rings is 2. The molecule has 1 fully saturated rings.